The van der Waals surface area contributed by atoms with Crippen molar-refractivity contribution in [2.24, 2.45) is 0 Å². The molecule has 0 N–H and O–H groups in total. The van der Waals surface area contributed by atoms with Gasteiger partial charge < -0.3 is 14.2 Å². The van der Waals surface area contributed by atoms with E-state index >= 15 is 0 Å². The number of imide groups is 1. The molecule has 0 saturated heterocycles. The van der Waals surface area contributed by atoms with Crippen LogP contribution in [0.4, 0.5) is 0 Å². The van der Waals surface area contributed by atoms with Gasteiger partial charge in [-0.25, -0.2) is 0 Å². The molecule has 0 aromatic heterocycles. The fourth-order valence-electron chi connectivity index (χ4n) is 2.92. The van der Waals surface area contributed by atoms with Crippen LogP contribution in [0.3, 0.4) is 0 Å². The number of benzene rings is 2. The second-order valence-corrected chi connectivity index (χ2v) is 6.45. The monoisotopic (exact) mass is 383 g/mol. The maximum Gasteiger partial charge on any atom is 0.261 e. The third-order valence-electron chi connectivity index (χ3n) is 4.41. The van der Waals surface area contributed by atoms with Gasteiger partial charge in [0.15, 0.2) is 0 Å². The van der Waals surface area contributed by atoms with Gasteiger partial charge in [-0.2, -0.15) is 0 Å². The minimum absolute atomic E-state index is 0.197. The molecule has 3 rings (SSSR count). The van der Waals surface area contributed by atoms with Crippen molar-refractivity contribution < 1.29 is 23.8 Å². The molecule has 28 heavy (non-hydrogen) atoms. The Morgan fingerprint density at radius 1 is 0.786 bits per heavy atom. The Morgan fingerprint density at radius 2 is 1.43 bits per heavy atom. The number of rotatable bonds is 11. The van der Waals surface area contributed by atoms with Crippen molar-refractivity contribution in [1.82, 2.24) is 4.90 Å². The van der Waals surface area contributed by atoms with Gasteiger partial charge in [-0.1, -0.05) is 31.5 Å². The lowest BCUT2D eigenvalue weighted by Crippen LogP contribution is -2.33. The van der Waals surface area contributed by atoms with Crippen LogP contribution in [-0.4, -0.2) is 49.7 Å². The molecule has 0 bridgehead atoms. The molecular formula is C22H25NO5. The predicted molar refractivity (Wildman–Crippen MR) is 105 cm³/mol. The summed E-state index contributed by atoms with van der Waals surface area (Å²) in [5.41, 5.74) is 0.896. The lowest BCUT2D eigenvalue weighted by atomic mass is 10.1. The van der Waals surface area contributed by atoms with Crippen molar-refractivity contribution in [3.63, 3.8) is 0 Å². The Bertz CT molecular complexity index is 785. The zero-order chi connectivity index (χ0) is 19.8. The van der Waals surface area contributed by atoms with Gasteiger partial charge in [0.1, 0.15) is 24.7 Å². The van der Waals surface area contributed by atoms with E-state index in [1.54, 1.807) is 30.3 Å². The number of carbonyl (C=O) groups is 2. The number of unbranched alkanes of at least 4 members (excludes halogenated alkanes) is 1. The van der Waals surface area contributed by atoms with E-state index in [4.69, 9.17) is 14.2 Å². The zero-order valence-electron chi connectivity index (χ0n) is 16.1. The highest BCUT2D eigenvalue weighted by molar-refractivity contribution is 6.21. The molecule has 1 aliphatic rings. The topological polar surface area (TPSA) is 65.1 Å². The summed E-state index contributed by atoms with van der Waals surface area (Å²) in [5, 5.41) is 0. The SMILES string of the molecule is CCCCOCCOc1cccc(OCCN2C(=O)c3ccccc3C2=O)c1. The smallest absolute Gasteiger partial charge is 0.261 e. The van der Waals surface area contributed by atoms with Crippen LogP contribution in [0.2, 0.25) is 0 Å². The van der Waals surface area contributed by atoms with Crippen LogP contribution in [0, 0.1) is 0 Å². The molecule has 0 radical (unpaired) electrons. The first-order chi connectivity index (χ1) is 13.7. The van der Waals surface area contributed by atoms with Crippen LogP contribution in [-0.2, 0) is 4.74 Å². The summed E-state index contributed by atoms with van der Waals surface area (Å²) in [5.74, 6) is 0.770. The Morgan fingerprint density at radius 3 is 2.07 bits per heavy atom. The van der Waals surface area contributed by atoms with E-state index in [9.17, 15) is 9.59 Å². The highest BCUT2D eigenvalue weighted by Crippen LogP contribution is 2.23. The molecule has 0 fully saturated rings. The zero-order valence-corrected chi connectivity index (χ0v) is 16.1. The first-order valence-corrected chi connectivity index (χ1v) is 9.59. The molecule has 1 heterocycles. The quantitative estimate of drug-likeness (QED) is 0.439. The lowest BCUT2D eigenvalue weighted by molar-refractivity contribution is 0.0631. The van der Waals surface area contributed by atoms with E-state index in [0.717, 1.165) is 19.4 Å². The van der Waals surface area contributed by atoms with Crippen molar-refractivity contribution in [1.29, 1.82) is 0 Å². The van der Waals surface area contributed by atoms with Gasteiger partial charge in [0.2, 0.25) is 0 Å². The predicted octanol–water partition coefficient (Wildman–Crippen LogP) is 3.56. The first-order valence-electron chi connectivity index (χ1n) is 9.59. The number of nitrogens with zero attached hydrogens (tertiary/aromatic N) is 1. The maximum atomic E-state index is 12.3. The second kappa shape index (κ2) is 9.90. The van der Waals surface area contributed by atoms with E-state index in [-0.39, 0.29) is 25.0 Å². The Labute approximate surface area is 165 Å². The van der Waals surface area contributed by atoms with E-state index in [2.05, 4.69) is 6.92 Å². The average molecular weight is 383 g/mol. The molecule has 6 heteroatoms. The summed E-state index contributed by atoms with van der Waals surface area (Å²) in [6.45, 7) is 4.31. The van der Waals surface area contributed by atoms with Crippen LogP contribution >= 0.6 is 0 Å². The van der Waals surface area contributed by atoms with Crippen molar-refractivity contribution >= 4 is 11.8 Å². The highest BCUT2D eigenvalue weighted by Gasteiger charge is 2.34. The van der Waals surface area contributed by atoms with Gasteiger partial charge in [0.05, 0.1) is 24.3 Å². The molecule has 0 spiro atoms. The van der Waals surface area contributed by atoms with Crippen molar-refractivity contribution in [2.45, 2.75) is 19.8 Å². The number of ether oxygens (including phenoxy) is 3. The summed E-state index contributed by atoms with van der Waals surface area (Å²) in [4.78, 5) is 25.9. The molecule has 2 aromatic rings. The van der Waals surface area contributed by atoms with Gasteiger partial charge in [0.25, 0.3) is 11.8 Å². The minimum atomic E-state index is -0.274. The van der Waals surface area contributed by atoms with E-state index in [1.807, 2.05) is 18.2 Å². The number of hydrogen-bond donors (Lipinski definition) is 0. The summed E-state index contributed by atoms with van der Waals surface area (Å²) in [6.07, 6.45) is 2.16. The van der Waals surface area contributed by atoms with Gasteiger partial charge in [-0.05, 0) is 30.7 Å². The van der Waals surface area contributed by atoms with Crippen LogP contribution in [0.25, 0.3) is 0 Å². The fourth-order valence-corrected chi connectivity index (χ4v) is 2.92. The number of hydrogen-bond acceptors (Lipinski definition) is 5. The van der Waals surface area contributed by atoms with Crippen LogP contribution in [0.5, 0.6) is 11.5 Å². The molecule has 2 aromatic carbocycles. The first kappa shape index (κ1) is 19.9. The van der Waals surface area contributed by atoms with E-state index in [0.29, 0.717) is 35.8 Å². The Balaban J connectivity index is 1.44. The highest BCUT2D eigenvalue weighted by atomic mass is 16.5. The average Bonchev–Trinajstić information content (AvgIpc) is 2.96. The molecular weight excluding hydrogens is 358 g/mol. The Hall–Kier alpha value is -2.86. The summed E-state index contributed by atoms with van der Waals surface area (Å²) < 4.78 is 16.8. The molecule has 0 unspecified atom stereocenters. The molecule has 0 atom stereocenters. The van der Waals surface area contributed by atoms with Crippen molar-refractivity contribution in [3.8, 4) is 11.5 Å². The molecule has 148 valence electrons. The lowest BCUT2D eigenvalue weighted by Gasteiger charge is -2.15. The van der Waals surface area contributed by atoms with Gasteiger partial charge in [0, 0.05) is 12.7 Å². The van der Waals surface area contributed by atoms with E-state index in [1.165, 1.54) is 4.90 Å². The molecule has 1 aliphatic heterocycles. The van der Waals surface area contributed by atoms with Crippen molar-refractivity contribution in [3.05, 3.63) is 59.7 Å². The normalized spacial score (nSPS) is 13.0. The summed E-state index contributed by atoms with van der Waals surface area (Å²) in [7, 11) is 0. The van der Waals surface area contributed by atoms with E-state index < -0.39 is 0 Å². The molecule has 0 aliphatic carbocycles. The van der Waals surface area contributed by atoms with Gasteiger partial charge in [-0.15, -0.1) is 0 Å². The second-order valence-electron chi connectivity index (χ2n) is 6.45. The largest absolute Gasteiger partial charge is 0.492 e. The summed E-state index contributed by atoms with van der Waals surface area (Å²) in [6, 6.07) is 14.1. The fraction of sp³-hybridized carbons (Fsp3) is 0.364. The molecule has 6 nitrogen and oxygen atoms in total. The third kappa shape index (κ3) is 4.89. The number of fused-ring (bicyclic) bond motifs is 1. The number of carbonyl (C=O) groups excluding carboxylic acids is 2. The van der Waals surface area contributed by atoms with Gasteiger partial charge in [-0.3, -0.25) is 14.5 Å². The number of amides is 2. The third-order valence-corrected chi connectivity index (χ3v) is 4.41. The molecule has 0 saturated carbocycles. The van der Waals surface area contributed by atoms with Crippen LogP contribution in [0.1, 0.15) is 40.5 Å². The maximum absolute atomic E-state index is 12.3. The Kier molecular flexibility index (Phi) is 7.03. The molecule has 2 amide bonds. The minimum Gasteiger partial charge on any atom is -0.492 e. The summed E-state index contributed by atoms with van der Waals surface area (Å²) >= 11 is 0. The van der Waals surface area contributed by atoms with Gasteiger partial charge >= 0.3 is 0 Å². The van der Waals surface area contributed by atoms with Crippen molar-refractivity contribution in [2.75, 3.05) is 33.0 Å². The van der Waals surface area contributed by atoms with Crippen LogP contribution in [0.15, 0.2) is 48.5 Å². The van der Waals surface area contributed by atoms with Crippen LogP contribution < -0.4 is 9.47 Å². The standard InChI is InChI=1S/C22H25NO5/c1-2-3-12-26-14-15-28-18-8-6-7-17(16-18)27-13-11-23-21(24)19-9-4-5-10-20(19)22(23)25/h4-10,16H,2-3,11-15H2,1H3.